The zero-order chi connectivity index (χ0) is 14.4. The second-order valence-electron chi connectivity index (χ2n) is 4.75. The fraction of sp³-hybridized carbons (Fsp3) is 0.250. The van der Waals surface area contributed by atoms with Gasteiger partial charge in [-0.05, 0) is 42.4 Å². The summed E-state index contributed by atoms with van der Waals surface area (Å²) in [6.45, 7) is 3.66. The van der Waals surface area contributed by atoms with E-state index in [-0.39, 0.29) is 0 Å². The standard InChI is InChI=1S/C16H19N3S/c1-13-3-5-14(6-4-13)11-19(16(20)17-2)12-15-7-9-18-10-8-15/h3-10H,11-12H2,1-2H3,(H,17,20). The zero-order valence-electron chi connectivity index (χ0n) is 11.8. The van der Waals surface area contributed by atoms with Gasteiger partial charge in [-0.2, -0.15) is 0 Å². The molecule has 0 saturated heterocycles. The Morgan fingerprint density at radius 3 is 2.15 bits per heavy atom. The lowest BCUT2D eigenvalue weighted by Crippen LogP contribution is -2.36. The molecule has 0 bridgehead atoms. The zero-order valence-corrected chi connectivity index (χ0v) is 12.7. The van der Waals surface area contributed by atoms with Crippen molar-refractivity contribution in [2.24, 2.45) is 0 Å². The van der Waals surface area contributed by atoms with Crippen LogP contribution in [0.4, 0.5) is 0 Å². The van der Waals surface area contributed by atoms with Crippen LogP contribution in [0.1, 0.15) is 16.7 Å². The fourth-order valence-corrected chi connectivity index (χ4v) is 2.11. The number of thiocarbonyl (C=S) groups is 1. The van der Waals surface area contributed by atoms with Crippen LogP contribution in [0.5, 0.6) is 0 Å². The van der Waals surface area contributed by atoms with E-state index in [2.05, 4.69) is 46.4 Å². The third kappa shape index (κ3) is 4.03. The van der Waals surface area contributed by atoms with E-state index in [0.29, 0.717) is 0 Å². The summed E-state index contributed by atoms with van der Waals surface area (Å²) in [5.41, 5.74) is 3.72. The molecule has 0 fully saturated rings. The van der Waals surface area contributed by atoms with Gasteiger partial charge >= 0.3 is 0 Å². The number of hydrogen-bond donors (Lipinski definition) is 1. The predicted octanol–water partition coefficient (Wildman–Crippen LogP) is 2.90. The molecule has 0 aliphatic carbocycles. The molecule has 1 N–H and O–H groups in total. The summed E-state index contributed by atoms with van der Waals surface area (Å²) in [5, 5.41) is 3.81. The maximum absolute atomic E-state index is 5.40. The van der Waals surface area contributed by atoms with Crippen molar-refractivity contribution < 1.29 is 0 Å². The molecule has 2 rings (SSSR count). The van der Waals surface area contributed by atoms with Crippen molar-refractivity contribution >= 4 is 17.3 Å². The number of aryl methyl sites for hydroxylation is 1. The average molecular weight is 285 g/mol. The highest BCUT2D eigenvalue weighted by molar-refractivity contribution is 7.80. The van der Waals surface area contributed by atoms with E-state index in [1.54, 1.807) is 0 Å². The Morgan fingerprint density at radius 2 is 1.60 bits per heavy atom. The Morgan fingerprint density at radius 1 is 1.05 bits per heavy atom. The first-order valence-electron chi connectivity index (χ1n) is 6.60. The average Bonchev–Trinajstić information content (AvgIpc) is 2.49. The molecule has 0 aliphatic rings. The van der Waals surface area contributed by atoms with E-state index in [1.807, 2.05) is 31.6 Å². The number of nitrogens with zero attached hydrogens (tertiary/aromatic N) is 2. The van der Waals surface area contributed by atoms with Crippen molar-refractivity contribution in [3.63, 3.8) is 0 Å². The summed E-state index contributed by atoms with van der Waals surface area (Å²) < 4.78 is 0. The summed E-state index contributed by atoms with van der Waals surface area (Å²) in [6.07, 6.45) is 3.61. The van der Waals surface area contributed by atoms with Crippen molar-refractivity contribution in [2.45, 2.75) is 20.0 Å². The third-order valence-corrected chi connectivity index (χ3v) is 3.58. The van der Waals surface area contributed by atoms with Gasteiger partial charge in [0.05, 0.1) is 0 Å². The van der Waals surface area contributed by atoms with Gasteiger partial charge in [0.15, 0.2) is 5.11 Å². The molecule has 0 aliphatic heterocycles. The fourth-order valence-electron chi connectivity index (χ4n) is 1.98. The quantitative estimate of drug-likeness (QED) is 0.874. The van der Waals surface area contributed by atoms with Crippen LogP contribution < -0.4 is 5.32 Å². The molecule has 0 amide bonds. The van der Waals surface area contributed by atoms with Crippen LogP contribution in [-0.2, 0) is 13.1 Å². The summed E-state index contributed by atoms with van der Waals surface area (Å²) >= 11 is 5.40. The smallest absolute Gasteiger partial charge is 0.169 e. The van der Waals surface area contributed by atoms with Crippen molar-refractivity contribution in [2.75, 3.05) is 7.05 Å². The van der Waals surface area contributed by atoms with Gasteiger partial charge in [-0.3, -0.25) is 4.98 Å². The van der Waals surface area contributed by atoms with Gasteiger partial charge in [-0.15, -0.1) is 0 Å². The number of rotatable bonds is 4. The first-order chi connectivity index (χ1) is 9.69. The molecule has 0 saturated carbocycles. The Hall–Kier alpha value is -1.94. The molecule has 20 heavy (non-hydrogen) atoms. The molecule has 2 aromatic rings. The second-order valence-corrected chi connectivity index (χ2v) is 5.14. The Kier molecular flexibility index (Phi) is 5.07. The van der Waals surface area contributed by atoms with E-state index in [0.717, 1.165) is 18.2 Å². The SMILES string of the molecule is CNC(=S)N(Cc1ccncc1)Cc1ccc(C)cc1. The highest BCUT2D eigenvalue weighted by atomic mass is 32.1. The van der Waals surface area contributed by atoms with E-state index in [4.69, 9.17) is 12.2 Å². The molecule has 1 aromatic carbocycles. The van der Waals surface area contributed by atoms with Crippen LogP contribution >= 0.6 is 12.2 Å². The van der Waals surface area contributed by atoms with E-state index in [9.17, 15) is 0 Å². The molecule has 3 nitrogen and oxygen atoms in total. The first kappa shape index (κ1) is 14.5. The second kappa shape index (κ2) is 7.01. The molecular weight excluding hydrogens is 266 g/mol. The van der Waals surface area contributed by atoms with Gasteiger partial charge in [0.2, 0.25) is 0 Å². The minimum absolute atomic E-state index is 0.752. The summed E-state index contributed by atoms with van der Waals surface area (Å²) in [7, 11) is 1.86. The van der Waals surface area contributed by atoms with Crippen LogP contribution in [0.2, 0.25) is 0 Å². The number of nitrogens with one attached hydrogen (secondary N) is 1. The maximum Gasteiger partial charge on any atom is 0.169 e. The highest BCUT2D eigenvalue weighted by Gasteiger charge is 2.09. The predicted molar refractivity (Wildman–Crippen MR) is 86.3 cm³/mol. The maximum atomic E-state index is 5.40. The van der Waals surface area contributed by atoms with Crippen molar-refractivity contribution in [1.82, 2.24) is 15.2 Å². The van der Waals surface area contributed by atoms with Crippen LogP contribution in [-0.4, -0.2) is 22.0 Å². The van der Waals surface area contributed by atoms with Crippen LogP contribution in [0.3, 0.4) is 0 Å². The summed E-state index contributed by atoms with van der Waals surface area (Å²) in [4.78, 5) is 6.19. The molecule has 1 aromatic heterocycles. The lowest BCUT2D eigenvalue weighted by Gasteiger charge is -2.25. The van der Waals surface area contributed by atoms with Gasteiger partial charge in [0.1, 0.15) is 0 Å². The highest BCUT2D eigenvalue weighted by Crippen LogP contribution is 2.11. The van der Waals surface area contributed by atoms with Gasteiger partial charge in [-0.1, -0.05) is 29.8 Å². The monoisotopic (exact) mass is 285 g/mol. The number of aromatic nitrogens is 1. The number of benzene rings is 1. The molecule has 0 radical (unpaired) electrons. The van der Waals surface area contributed by atoms with Crippen LogP contribution in [0, 0.1) is 6.92 Å². The number of pyridine rings is 1. The Labute approximate surface area is 125 Å². The van der Waals surface area contributed by atoms with Gasteiger partial charge in [0.25, 0.3) is 0 Å². The van der Waals surface area contributed by atoms with Gasteiger partial charge in [-0.25, -0.2) is 0 Å². The molecule has 104 valence electrons. The molecule has 4 heteroatoms. The minimum atomic E-state index is 0.752. The van der Waals surface area contributed by atoms with Crippen molar-refractivity contribution in [3.05, 3.63) is 65.5 Å². The van der Waals surface area contributed by atoms with E-state index < -0.39 is 0 Å². The topological polar surface area (TPSA) is 28.2 Å². The lowest BCUT2D eigenvalue weighted by atomic mass is 10.1. The van der Waals surface area contributed by atoms with Gasteiger partial charge in [0, 0.05) is 32.5 Å². The Bertz CT molecular complexity index is 552. The largest absolute Gasteiger partial charge is 0.366 e. The molecule has 1 heterocycles. The lowest BCUT2D eigenvalue weighted by molar-refractivity contribution is 0.402. The van der Waals surface area contributed by atoms with E-state index in [1.165, 1.54) is 16.7 Å². The molecule has 0 atom stereocenters. The Balaban J connectivity index is 2.11. The van der Waals surface area contributed by atoms with Crippen LogP contribution in [0.15, 0.2) is 48.8 Å². The molecule has 0 unspecified atom stereocenters. The molecular formula is C16H19N3S. The van der Waals surface area contributed by atoms with E-state index >= 15 is 0 Å². The normalized spacial score (nSPS) is 10.1. The third-order valence-electron chi connectivity index (χ3n) is 3.12. The summed E-state index contributed by atoms with van der Waals surface area (Å²) in [6, 6.07) is 12.6. The summed E-state index contributed by atoms with van der Waals surface area (Å²) in [5.74, 6) is 0. The van der Waals surface area contributed by atoms with Gasteiger partial charge < -0.3 is 10.2 Å². The molecule has 0 spiro atoms. The van der Waals surface area contributed by atoms with Crippen molar-refractivity contribution in [3.8, 4) is 0 Å². The first-order valence-corrected chi connectivity index (χ1v) is 7.01. The van der Waals surface area contributed by atoms with Crippen molar-refractivity contribution in [1.29, 1.82) is 0 Å². The minimum Gasteiger partial charge on any atom is -0.366 e. The number of hydrogen-bond acceptors (Lipinski definition) is 2. The van der Waals surface area contributed by atoms with Crippen LogP contribution in [0.25, 0.3) is 0 Å².